The van der Waals surface area contributed by atoms with Crippen LogP contribution in [-0.4, -0.2) is 18.7 Å². The predicted octanol–water partition coefficient (Wildman–Crippen LogP) is 1.52. The van der Waals surface area contributed by atoms with Crippen molar-refractivity contribution in [1.82, 2.24) is 5.32 Å². The Hall–Kier alpha value is -2.15. The molecule has 1 N–H and O–H groups in total. The minimum atomic E-state index is -0.512. The van der Waals surface area contributed by atoms with E-state index in [0.29, 0.717) is 19.3 Å². The maximum absolute atomic E-state index is 13.3. The summed E-state index contributed by atoms with van der Waals surface area (Å²) in [4.78, 5) is 21.2. The average Bonchev–Trinajstić information content (AvgIpc) is 2.30. The summed E-state index contributed by atoms with van der Waals surface area (Å²) in [6.07, 6.45) is 0.979. The zero-order valence-electron chi connectivity index (χ0n) is 9.42. The summed E-state index contributed by atoms with van der Waals surface area (Å²) < 4.78 is 13.3. The van der Waals surface area contributed by atoms with Crippen LogP contribution < -0.4 is 5.32 Å². The number of aldehydes is 1. The van der Waals surface area contributed by atoms with Crippen molar-refractivity contribution in [1.29, 1.82) is 0 Å². The number of hydrogen-bond donors (Lipinski definition) is 1. The van der Waals surface area contributed by atoms with Gasteiger partial charge in [0.1, 0.15) is 5.82 Å². The molecule has 0 unspecified atom stereocenters. The predicted molar refractivity (Wildman–Crippen MR) is 62.0 cm³/mol. The first-order chi connectivity index (χ1) is 8.15. The van der Waals surface area contributed by atoms with Crippen molar-refractivity contribution in [3.8, 4) is 11.8 Å². The molecule has 3 nitrogen and oxygen atoms in total. The molecule has 88 valence electrons. The molecule has 4 heteroatoms. The molecule has 1 aromatic carbocycles. The SMILES string of the molecule is CC(=O)NCCC#Cc1c(F)cccc1C=O. The van der Waals surface area contributed by atoms with Crippen LogP contribution in [0.15, 0.2) is 18.2 Å². The van der Waals surface area contributed by atoms with Gasteiger partial charge in [-0.15, -0.1) is 0 Å². The molecule has 0 atom stereocenters. The van der Waals surface area contributed by atoms with Crippen molar-refractivity contribution < 1.29 is 14.0 Å². The number of hydrogen-bond acceptors (Lipinski definition) is 2. The topological polar surface area (TPSA) is 46.2 Å². The second kappa shape index (κ2) is 6.44. The molecule has 0 bridgehead atoms. The summed E-state index contributed by atoms with van der Waals surface area (Å²) >= 11 is 0. The highest BCUT2D eigenvalue weighted by atomic mass is 19.1. The minimum absolute atomic E-state index is 0.102. The van der Waals surface area contributed by atoms with Gasteiger partial charge in [-0.3, -0.25) is 9.59 Å². The van der Waals surface area contributed by atoms with E-state index in [9.17, 15) is 14.0 Å². The molecule has 0 aliphatic heterocycles. The van der Waals surface area contributed by atoms with Crippen LogP contribution in [0.5, 0.6) is 0 Å². The fourth-order valence-corrected chi connectivity index (χ4v) is 1.22. The van der Waals surface area contributed by atoms with Gasteiger partial charge in [0.25, 0.3) is 0 Å². The van der Waals surface area contributed by atoms with Gasteiger partial charge >= 0.3 is 0 Å². The Morgan fingerprint density at radius 3 is 2.94 bits per heavy atom. The van der Waals surface area contributed by atoms with Crippen molar-refractivity contribution >= 4 is 12.2 Å². The molecule has 0 heterocycles. The van der Waals surface area contributed by atoms with Crippen molar-refractivity contribution in [3.63, 3.8) is 0 Å². The van der Waals surface area contributed by atoms with Gasteiger partial charge in [0.2, 0.25) is 5.91 Å². The van der Waals surface area contributed by atoms with E-state index in [-0.39, 0.29) is 17.0 Å². The number of carbonyl (C=O) groups is 2. The first-order valence-electron chi connectivity index (χ1n) is 5.12. The summed E-state index contributed by atoms with van der Waals surface area (Å²) in [7, 11) is 0. The minimum Gasteiger partial charge on any atom is -0.355 e. The van der Waals surface area contributed by atoms with Crippen molar-refractivity contribution in [3.05, 3.63) is 35.1 Å². The summed E-state index contributed by atoms with van der Waals surface area (Å²) in [5.41, 5.74) is 0.336. The fraction of sp³-hybridized carbons (Fsp3) is 0.231. The molecule has 0 aliphatic carbocycles. The monoisotopic (exact) mass is 233 g/mol. The lowest BCUT2D eigenvalue weighted by atomic mass is 10.1. The third-order valence-corrected chi connectivity index (χ3v) is 2.01. The smallest absolute Gasteiger partial charge is 0.216 e. The van der Waals surface area contributed by atoms with Crippen LogP contribution in [0.2, 0.25) is 0 Å². The molecule has 0 radical (unpaired) electrons. The normalized spacial score (nSPS) is 9.06. The lowest BCUT2D eigenvalue weighted by Crippen LogP contribution is -2.20. The van der Waals surface area contributed by atoms with Gasteiger partial charge in [-0.25, -0.2) is 4.39 Å². The van der Waals surface area contributed by atoms with Gasteiger partial charge in [0.15, 0.2) is 6.29 Å². The third-order valence-electron chi connectivity index (χ3n) is 2.01. The lowest BCUT2D eigenvalue weighted by molar-refractivity contribution is -0.118. The Morgan fingerprint density at radius 1 is 1.53 bits per heavy atom. The Kier molecular flexibility index (Phi) is 4.89. The van der Waals surface area contributed by atoms with Gasteiger partial charge in [-0.1, -0.05) is 24.0 Å². The van der Waals surface area contributed by atoms with Crippen LogP contribution in [0.1, 0.15) is 29.3 Å². The van der Waals surface area contributed by atoms with E-state index in [1.807, 2.05) is 0 Å². The standard InChI is InChI=1S/C13H12FNO2/c1-10(17)15-8-3-2-6-12-11(9-16)5-4-7-13(12)14/h4-5,7,9H,3,8H2,1H3,(H,15,17). The maximum Gasteiger partial charge on any atom is 0.216 e. The van der Waals surface area contributed by atoms with E-state index >= 15 is 0 Å². The summed E-state index contributed by atoms with van der Waals surface area (Å²) in [6.45, 7) is 1.82. The molecular formula is C13H12FNO2. The van der Waals surface area contributed by atoms with Gasteiger partial charge in [0.05, 0.1) is 5.56 Å². The Balaban J connectivity index is 2.71. The molecule has 1 rings (SSSR count). The van der Waals surface area contributed by atoms with E-state index < -0.39 is 5.82 Å². The molecule has 0 aliphatic rings. The van der Waals surface area contributed by atoms with E-state index in [0.717, 1.165) is 0 Å². The molecule has 0 saturated carbocycles. The zero-order valence-corrected chi connectivity index (χ0v) is 9.42. The molecule has 0 saturated heterocycles. The van der Waals surface area contributed by atoms with E-state index in [1.165, 1.54) is 25.1 Å². The largest absolute Gasteiger partial charge is 0.355 e. The molecule has 17 heavy (non-hydrogen) atoms. The highest BCUT2D eigenvalue weighted by molar-refractivity contribution is 5.79. The summed E-state index contributed by atoms with van der Waals surface area (Å²) in [6, 6.07) is 4.22. The Morgan fingerprint density at radius 2 is 2.29 bits per heavy atom. The summed E-state index contributed by atoms with van der Waals surface area (Å²) in [5.74, 6) is 4.66. The van der Waals surface area contributed by atoms with E-state index in [4.69, 9.17) is 0 Å². The van der Waals surface area contributed by atoms with Gasteiger partial charge < -0.3 is 5.32 Å². The summed E-state index contributed by atoms with van der Waals surface area (Å²) in [5, 5.41) is 2.57. The first kappa shape index (κ1) is 12.9. The number of halogens is 1. The third kappa shape index (κ3) is 4.07. The first-order valence-corrected chi connectivity index (χ1v) is 5.12. The van der Waals surface area contributed by atoms with Crippen LogP contribution >= 0.6 is 0 Å². The van der Waals surface area contributed by atoms with Gasteiger partial charge in [-0.05, 0) is 6.07 Å². The van der Waals surface area contributed by atoms with Crippen LogP contribution in [-0.2, 0) is 4.79 Å². The van der Waals surface area contributed by atoms with Crippen LogP contribution in [0, 0.1) is 17.7 Å². The Bertz CT molecular complexity index is 486. The highest BCUT2D eigenvalue weighted by Gasteiger charge is 2.03. The second-order valence-corrected chi connectivity index (χ2v) is 3.36. The molecule has 0 aromatic heterocycles. The van der Waals surface area contributed by atoms with Crippen molar-refractivity contribution in [2.45, 2.75) is 13.3 Å². The Labute approximate surface area is 99.0 Å². The van der Waals surface area contributed by atoms with Gasteiger partial charge in [0, 0.05) is 25.5 Å². The number of amides is 1. The van der Waals surface area contributed by atoms with Crippen LogP contribution in [0.3, 0.4) is 0 Å². The maximum atomic E-state index is 13.3. The van der Waals surface area contributed by atoms with Crippen LogP contribution in [0.25, 0.3) is 0 Å². The number of rotatable bonds is 3. The molecule has 1 aromatic rings. The average molecular weight is 233 g/mol. The fourth-order valence-electron chi connectivity index (χ4n) is 1.22. The van der Waals surface area contributed by atoms with E-state index in [2.05, 4.69) is 17.2 Å². The highest BCUT2D eigenvalue weighted by Crippen LogP contribution is 2.10. The molecule has 1 amide bonds. The van der Waals surface area contributed by atoms with Gasteiger partial charge in [-0.2, -0.15) is 0 Å². The quantitative estimate of drug-likeness (QED) is 0.488. The lowest BCUT2D eigenvalue weighted by Gasteiger charge is -1.98. The van der Waals surface area contributed by atoms with Crippen molar-refractivity contribution in [2.75, 3.05) is 6.54 Å². The second-order valence-electron chi connectivity index (χ2n) is 3.36. The number of nitrogens with one attached hydrogen (secondary N) is 1. The van der Waals surface area contributed by atoms with E-state index in [1.54, 1.807) is 0 Å². The number of carbonyl (C=O) groups excluding carboxylic acids is 2. The van der Waals surface area contributed by atoms with Crippen LogP contribution in [0.4, 0.5) is 4.39 Å². The number of benzene rings is 1. The molecular weight excluding hydrogens is 221 g/mol. The van der Waals surface area contributed by atoms with Crippen molar-refractivity contribution in [2.24, 2.45) is 0 Å². The molecule has 0 fully saturated rings. The zero-order chi connectivity index (χ0) is 12.7. The molecule has 0 spiro atoms.